The number of rotatable bonds is 2. The van der Waals surface area contributed by atoms with Gasteiger partial charge in [-0.2, -0.15) is 0 Å². The van der Waals surface area contributed by atoms with Crippen molar-refractivity contribution in [2.45, 2.75) is 19.7 Å². The second-order valence-corrected chi connectivity index (χ2v) is 3.81. The molecule has 5 heteroatoms. The maximum absolute atomic E-state index is 5.75. The van der Waals surface area contributed by atoms with Crippen LogP contribution in [0.15, 0.2) is 18.5 Å². The summed E-state index contributed by atoms with van der Waals surface area (Å²) in [5.41, 5.74) is 2.66. The predicted molar refractivity (Wildman–Crippen MR) is 62.1 cm³/mol. The Morgan fingerprint density at radius 1 is 1.06 bits per heavy atom. The largest absolute Gasteiger partial charge is 0.234 e. The van der Waals surface area contributed by atoms with Gasteiger partial charge in [-0.15, -0.1) is 11.6 Å². The van der Waals surface area contributed by atoms with E-state index in [-0.39, 0.29) is 0 Å². The van der Waals surface area contributed by atoms with E-state index in [4.69, 9.17) is 11.6 Å². The van der Waals surface area contributed by atoms with Gasteiger partial charge in [0.05, 0.1) is 11.6 Å². The van der Waals surface area contributed by atoms with Crippen LogP contribution < -0.4 is 0 Å². The van der Waals surface area contributed by atoms with E-state index in [0.717, 1.165) is 17.0 Å². The molecule has 0 aliphatic heterocycles. The highest BCUT2D eigenvalue weighted by Crippen LogP contribution is 2.12. The normalized spacial score (nSPS) is 10.4. The molecule has 0 spiro atoms. The van der Waals surface area contributed by atoms with Crippen LogP contribution in [0.4, 0.5) is 0 Å². The van der Waals surface area contributed by atoms with Gasteiger partial charge in [0.15, 0.2) is 11.6 Å². The Labute approximate surface area is 98.8 Å². The predicted octanol–water partition coefficient (Wildman–Crippen LogP) is 2.29. The van der Waals surface area contributed by atoms with Gasteiger partial charge in [0.1, 0.15) is 0 Å². The highest BCUT2D eigenvalue weighted by molar-refractivity contribution is 6.16. The zero-order valence-electron chi connectivity index (χ0n) is 9.11. The second kappa shape index (κ2) is 4.53. The number of hydrogen-bond donors (Lipinski definition) is 0. The first kappa shape index (κ1) is 11.0. The first-order valence-electron chi connectivity index (χ1n) is 4.88. The third kappa shape index (κ3) is 2.33. The van der Waals surface area contributed by atoms with Crippen LogP contribution in [0.25, 0.3) is 11.6 Å². The van der Waals surface area contributed by atoms with Gasteiger partial charge in [-0.25, -0.2) is 19.9 Å². The Bertz CT molecular complexity index is 496. The van der Waals surface area contributed by atoms with Gasteiger partial charge in [0.2, 0.25) is 0 Å². The molecule has 0 radical (unpaired) electrons. The number of alkyl halides is 1. The van der Waals surface area contributed by atoms with Crippen LogP contribution in [-0.2, 0) is 5.88 Å². The number of halogens is 1. The van der Waals surface area contributed by atoms with Crippen LogP contribution >= 0.6 is 11.6 Å². The maximum Gasteiger partial charge on any atom is 0.198 e. The molecule has 0 aromatic carbocycles. The summed E-state index contributed by atoms with van der Waals surface area (Å²) in [5.74, 6) is 1.42. The standard InChI is InChI=1S/C11H11ClN4/c1-7-5-13-10(14-6-7)11-15-8(2)3-9(4-12)16-11/h3,5-6H,4H2,1-2H3. The number of aromatic nitrogens is 4. The fraction of sp³-hybridized carbons (Fsp3) is 0.273. The molecule has 4 nitrogen and oxygen atoms in total. The molecule has 2 aromatic rings. The van der Waals surface area contributed by atoms with E-state index in [0.29, 0.717) is 17.5 Å². The molecule has 0 aliphatic rings. The van der Waals surface area contributed by atoms with Crippen molar-refractivity contribution in [2.24, 2.45) is 0 Å². The highest BCUT2D eigenvalue weighted by Gasteiger charge is 2.06. The van der Waals surface area contributed by atoms with Crippen molar-refractivity contribution in [3.63, 3.8) is 0 Å². The lowest BCUT2D eigenvalue weighted by Gasteiger charge is -2.02. The zero-order chi connectivity index (χ0) is 11.5. The topological polar surface area (TPSA) is 51.6 Å². The third-order valence-corrected chi connectivity index (χ3v) is 2.30. The lowest BCUT2D eigenvalue weighted by Crippen LogP contribution is -1.99. The minimum Gasteiger partial charge on any atom is -0.234 e. The fourth-order valence-electron chi connectivity index (χ4n) is 1.31. The minimum absolute atomic E-state index is 0.363. The summed E-state index contributed by atoms with van der Waals surface area (Å²) in [5, 5.41) is 0. The van der Waals surface area contributed by atoms with Crippen LogP contribution in [0.2, 0.25) is 0 Å². The van der Waals surface area contributed by atoms with Crippen LogP contribution in [-0.4, -0.2) is 19.9 Å². The molecule has 0 bridgehead atoms. The van der Waals surface area contributed by atoms with E-state index in [2.05, 4.69) is 19.9 Å². The zero-order valence-corrected chi connectivity index (χ0v) is 9.86. The van der Waals surface area contributed by atoms with E-state index < -0.39 is 0 Å². The fourth-order valence-corrected chi connectivity index (χ4v) is 1.45. The van der Waals surface area contributed by atoms with E-state index in [1.54, 1.807) is 12.4 Å². The van der Waals surface area contributed by atoms with E-state index in [1.807, 2.05) is 19.9 Å². The number of hydrogen-bond acceptors (Lipinski definition) is 4. The summed E-state index contributed by atoms with van der Waals surface area (Å²) in [6, 6.07) is 1.85. The molecular weight excluding hydrogens is 224 g/mol. The van der Waals surface area contributed by atoms with Crippen molar-refractivity contribution in [3.8, 4) is 11.6 Å². The second-order valence-electron chi connectivity index (χ2n) is 3.54. The van der Waals surface area contributed by atoms with Crippen LogP contribution in [0.3, 0.4) is 0 Å². The Morgan fingerprint density at radius 3 is 2.38 bits per heavy atom. The van der Waals surface area contributed by atoms with Crippen molar-refractivity contribution in [1.82, 2.24) is 19.9 Å². The van der Waals surface area contributed by atoms with E-state index in [1.165, 1.54) is 0 Å². The summed E-state index contributed by atoms with van der Waals surface area (Å²) >= 11 is 5.75. The van der Waals surface area contributed by atoms with Crippen LogP contribution in [0, 0.1) is 13.8 Å². The summed E-state index contributed by atoms with van der Waals surface area (Å²) in [6.45, 7) is 3.83. The van der Waals surface area contributed by atoms with Gasteiger partial charge in [0.25, 0.3) is 0 Å². The number of nitrogens with zero attached hydrogens (tertiary/aromatic N) is 4. The molecule has 0 unspecified atom stereocenters. The summed E-state index contributed by atoms with van der Waals surface area (Å²) in [4.78, 5) is 16.9. The molecule has 0 fully saturated rings. The molecule has 0 aliphatic carbocycles. The molecule has 16 heavy (non-hydrogen) atoms. The maximum atomic E-state index is 5.75. The molecule has 2 rings (SSSR count). The average molecular weight is 235 g/mol. The average Bonchev–Trinajstić information content (AvgIpc) is 2.29. The van der Waals surface area contributed by atoms with Crippen LogP contribution in [0.1, 0.15) is 17.0 Å². The van der Waals surface area contributed by atoms with Crippen molar-refractivity contribution >= 4 is 11.6 Å². The van der Waals surface area contributed by atoms with Gasteiger partial charge in [-0.05, 0) is 25.5 Å². The third-order valence-electron chi connectivity index (χ3n) is 2.03. The monoisotopic (exact) mass is 234 g/mol. The molecule has 2 aromatic heterocycles. The van der Waals surface area contributed by atoms with Gasteiger partial charge in [-0.3, -0.25) is 0 Å². The molecule has 0 N–H and O–H groups in total. The SMILES string of the molecule is Cc1cnc(-c2nc(C)cc(CCl)n2)nc1. The lowest BCUT2D eigenvalue weighted by molar-refractivity contribution is 1.00. The molecule has 0 amide bonds. The van der Waals surface area contributed by atoms with Crippen molar-refractivity contribution in [1.29, 1.82) is 0 Å². The van der Waals surface area contributed by atoms with Gasteiger partial charge in [0, 0.05) is 18.1 Å². The molecule has 0 saturated carbocycles. The molecule has 0 atom stereocenters. The highest BCUT2D eigenvalue weighted by atomic mass is 35.5. The van der Waals surface area contributed by atoms with E-state index in [9.17, 15) is 0 Å². The van der Waals surface area contributed by atoms with Crippen molar-refractivity contribution in [2.75, 3.05) is 0 Å². The van der Waals surface area contributed by atoms with Gasteiger partial charge < -0.3 is 0 Å². The Balaban J connectivity index is 2.47. The lowest BCUT2D eigenvalue weighted by atomic mass is 10.3. The smallest absolute Gasteiger partial charge is 0.198 e. The summed E-state index contributed by atoms with van der Waals surface area (Å²) < 4.78 is 0. The summed E-state index contributed by atoms with van der Waals surface area (Å²) in [7, 11) is 0. The Morgan fingerprint density at radius 2 is 1.75 bits per heavy atom. The van der Waals surface area contributed by atoms with Crippen molar-refractivity contribution < 1.29 is 0 Å². The Kier molecular flexibility index (Phi) is 3.10. The number of aryl methyl sites for hydroxylation is 2. The first-order chi connectivity index (χ1) is 7.69. The van der Waals surface area contributed by atoms with Crippen LogP contribution in [0.5, 0.6) is 0 Å². The molecule has 0 saturated heterocycles. The van der Waals surface area contributed by atoms with Gasteiger partial charge in [-0.1, -0.05) is 0 Å². The quantitative estimate of drug-likeness (QED) is 0.749. The Hall–Kier alpha value is -1.55. The molecule has 82 valence electrons. The van der Waals surface area contributed by atoms with Gasteiger partial charge >= 0.3 is 0 Å². The summed E-state index contributed by atoms with van der Waals surface area (Å²) in [6.07, 6.45) is 3.49. The molecular formula is C11H11ClN4. The van der Waals surface area contributed by atoms with Crippen molar-refractivity contribution in [3.05, 3.63) is 35.4 Å². The minimum atomic E-state index is 0.363. The van der Waals surface area contributed by atoms with E-state index >= 15 is 0 Å². The molecule has 2 heterocycles. The first-order valence-corrected chi connectivity index (χ1v) is 5.42.